The number of fused-ring (bicyclic) bond motifs is 2. The topological polar surface area (TPSA) is 93.8 Å². The number of hydrazone groups is 1. The summed E-state index contributed by atoms with van der Waals surface area (Å²) in [6.45, 7) is -0.311. The second kappa shape index (κ2) is 8.40. The van der Waals surface area contributed by atoms with Gasteiger partial charge in [0.05, 0.1) is 17.2 Å². The maximum absolute atomic E-state index is 12.1. The Morgan fingerprint density at radius 1 is 0.967 bits per heavy atom. The molecule has 7 heteroatoms. The number of nitro benzene ring substituents is 1. The minimum absolute atomic E-state index is 0.103. The minimum Gasteiger partial charge on any atom is -0.483 e. The van der Waals surface area contributed by atoms with Crippen molar-refractivity contribution in [2.45, 2.75) is 0 Å². The lowest BCUT2D eigenvalue weighted by atomic mass is 9.97. The fourth-order valence-electron chi connectivity index (χ4n) is 3.22. The predicted molar refractivity (Wildman–Crippen MR) is 116 cm³/mol. The molecule has 7 nitrogen and oxygen atoms in total. The summed E-state index contributed by atoms with van der Waals surface area (Å²) in [5, 5.41) is 19.1. The Morgan fingerprint density at radius 2 is 1.63 bits per heavy atom. The van der Waals surface area contributed by atoms with Crippen LogP contribution in [0.1, 0.15) is 5.56 Å². The first-order valence-electron chi connectivity index (χ1n) is 9.21. The van der Waals surface area contributed by atoms with Gasteiger partial charge in [-0.3, -0.25) is 14.9 Å². The number of amides is 1. The SMILES string of the molecule is O=C(COc1cccc([N+](=O)[O-])c1)N/N=C/c1c2ccccc2cc2ccccc12. The molecule has 0 saturated carbocycles. The first-order chi connectivity index (χ1) is 14.6. The van der Waals surface area contributed by atoms with Crippen molar-refractivity contribution in [2.24, 2.45) is 5.10 Å². The number of carbonyl (C=O) groups is 1. The average molecular weight is 399 g/mol. The highest BCUT2D eigenvalue weighted by molar-refractivity contribution is 6.13. The Morgan fingerprint density at radius 3 is 2.30 bits per heavy atom. The first-order valence-corrected chi connectivity index (χ1v) is 9.21. The maximum Gasteiger partial charge on any atom is 0.277 e. The Kier molecular flexibility index (Phi) is 5.34. The zero-order chi connectivity index (χ0) is 20.9. The number of carbonyl (C=O) groups excluding carboxylic acids is 1. The van der Waals surface area contributed by atoms with E-state index in [1.807, 2.05) is 48.5 Å². The molecule has 0 heterocycles. The Labute approximate surface area is 171 Å². The lowest BCUT2D eigenvalue weighted by Gasteiger charge is -2.08. The fourth-order valence-corrected chi connectivity index (χ4v) is 3.22. The molecule has 0 saturated heterocycles. The molecule has 0 unspecified atom stereocenters. The molecule has 4 rings (SSSR count). The van der Waals surface area contributed by atoms with Gasteiger partial charge in [0.1, 0.15) is 5.75 Å². The van der Waals surface area contributed by atoms with Crippen molar-refractivity contribution >= 4 is 39.4 Å². The van der Waals surface area contributed by atoms with Crippen molar-refractivity contribution in [1.29, 1.82) is 0 Å². The van der Waals surface area contributed by atoms with Crippen LogP contribution in [0.5, 0.6) is 5.75 Å². The summed E-state index contributed by atoms with van der Waals surface area (Å²) in [6, 6.07) is 23.7. The minimum atomic E-state index is -0.522. The maximum atomic E-state index is 12.1. The van der Waals surface area contributed by atoms with Crippen LogP contribution in [0, 0.1) is 10.1 Å². The zero-order valence-electron chi connectivity index (χ0n) is 15.8. The number of hydrogen-bond donors (Lipinski definition) is 1. The fraction of sp³-hybridized carbons (Fsp3) is 0.0435. The normalized spacial score (nSPS) is 11.1. The van der Waals surface area contributed by atoms with Gasteiger partial charge in [-0.1, -0.05) is 54.6 Å². The number of nitrogens with one attached hydrogen (secondary N) is 1. The van der Waals surface area contributed by atoms with Crippen molar-refractivity contribution in [3.8, 4) is 5.75 Å². The van der Waals surface area contributed by atoms with Gasteiger partial charge >= 0.3 is 0 Å². The number of nitrogens with zero attached hydrogens (tertiary/aromatic N) is 2. The largest absolute Gasteiger partial charge is 0.483 e. The highest BCUT2D eigenvalue weighted by Crippen LogP contribution is 2.27. The summed E-state index contributed by atoms with van der Waals surface area (Å²) >= 11 is 0. The van der Waals surface area contributed by atoms with Crippen LogP contribution in [-0.2, 0) is 4.79 Å². The molecule has 30 heavy (non-hydrogen) atoms. The molecule has 0 aliphatic heterocycles. The predicted octanol–water partition coefficient (Wildman–Crippen LogP) is 4.43. The van der Waals surface area contributed by atoms with Crippen molar-refractivity contribution in [2.75, 3.05) is 6.61 Å². The quantitative estimate of drug-likeness (QED) is 0.225. The lowest BCUT2D eigenvalue weighted by molar-refractivity contribution is -0.384. The number of non-ortho nitro benzene ring substituents is 1. The summed E-state index contributed by atoms with van der Waals surface area (Å²) < 4.78 is 5.31. The van der Waals surface area contributed by atoms with E-state index in [9.17, 15) is 14.9 Å². The summed E-state index contributed by atoms with van der Waals surface area (Å²) in [7, 11) is 0. The molecule has 0 radical (unpaired) electrons. The van der Waals surface area contributed by atoms with Gasteiger partial charge in [-0.25, -0.2) is 5.43 Å². The van der Waals surface area contributed by atoms with Crippen molar-refractivity contribution in [1.82, 2.24) is 5.43 Å². The summed E-state index contributed by atoms with van der Waals surface area (Å²) in [6.07, 6.45) is 1.62. The van der Waals surface area contributed by atoms with Crippen molar-refractivity contribution < 1.29 is 14.5 Å². The molecular weight excluding hydrogens is 382 g/mol. The van der Waals surface area contributed by atoms with E-state index < -0.39 is 10.8 Å². The molecule has 0 aliphatic rings. The first kappa shape index (κ1) is 19.1. The van der Waals surface area contributed by atoms with E-state index in [0.29, 0.717) is 0 Å². The van der Waals surface area contributed by atoms with Crippen molar-refractivity contribution in [3.05, 3.63) is 94.5 Å². The van der Waals surface area contributed by atoms with Crippen LogP contribution < -0.4 is 10.2 Å². The molecule has 0 bridgehead atoms. The van der Waals surface area contributed by atoms with E-state index in [1.165, 1.54) is 18.2 Å². The molecule has 0 fully saturated rings. The van der Waals surface area contributed by atoms with E-state index >= 15 is 0 Å². The molecule has 1 N–H and O–H groups in total. The van der Waals surface area contributed by atoms with Gasteiger partial charge in [0, 0.05) is 11.6 Å². The van der Waals surface area contributed by atoms with E-state index in [-0.39, 0.29) is 18.0 Å². The van der Waals surface area contributed by atoms with Crippen LogP contribution in [0.15, 0.2) is 84.0 Å². The van der Waals surface area contributed by atoms with Crippen LogP contribution in [0.25, 0.3) is 21.5 Å². The average Bonchev–Trinajstić information content (AvgIpc) is 2.77. The number of rotatable bonds is 6. The van der Waals surface area contributed by atoms with E-state index in [0.717, 1.165) is 27.1 Å². The molecule has 1 amide bonds. The van der Waals surface area contributed by atoms with Gasteiger partial charge in [0.15, 0.2) is 6.61 Å². The highest BCUT2D eigenvalue weighted by Gasteiger charge is 2.08. The van der Waals surface area contributed by atoms with E-state index in [4.69, 9.17) is 4.74 Å². The van der Waals surface area contributed by atoms with Gasteiger partial charge in [-0.2, -0.15) is 5.10 Å². The Hall–Kier alpha value is -4.26. The molecular formula is C23H17N3O4. The van der Waals surface area contributed by atoms with Gasteiger partial charge in [0.25, 0.3) is 11.6 Å². The van der Waals surface area contributed by atoms with Crippen molar-refractivity contribution in [3.63, 3.8) is 0 Å². The molecule has 4 aromatic carbocycles. The summed E-state index contributed by atoms with van der Waals surface area (Å²) in [4.78, 5) is 22.4. The van der Waals surface area contributed by atoms with Gasteiger partial charge < -0.3 is 4.74 Å². The molecule has 0 spiro atoms. The van der Waals surface area contributed by atoms with Crippen LogP contribution >= 0.6 is 0 Å². The number of ether oxygens (including phenoxy) is 1. The summed E-state index contributed by atoms with van der Waals surface area (Å²) in [5.41, 5.74) is 3.24. The summed E-state index contributed by atoms with van der Waals surface area (Å²) in [5.74, 6) is -0.231. The second-order valence-electron chi connectivity index (χ2n) is 6.57. The molecule has 0 atom stereocenters. The van der Waals surface area contributed by atoms with Crippen LogP contribution in [0.4, 0.5) is 5.69 Å². The van der Waals surface area contributed by atoms with Gasteiger partial charge in [0.2, 0.25) is 0 Å². The molecule has 148 valence electrons. The standard InChI is InChI=1S/C23H17N3O4/c27-23(15-30-19-9-5-8-18(13-19)26(28)29)25-24-14-22-20-10-3-1-6-16(20)12-17-7-2-4-11-21(17)22/h1-14H,15H2,(H,25,27)/b24-14+. The third-order valence-electron chi connectivity index (χ3n) is 4.59. The Balaban J connectivity index is 1.49. The third-order valence-corrected chi connectivity index (χ3v) is 4.59. The number of nitro groups is 1. The lowest BCUT2D eigenvalue weighted by Crippen LogP contribution is -2.24. The van der Waals surface area contributed by atoms with Crippen LogP contribution in [-0.4, -0.2) is 23.7 Å². The van der Waals surface area contributed by atoms with Crippen LogP contribution in [0.3, 0.4) is 0 Å². The second-order valence-corrected chi connectivity index (χ2v) is 6.57. The van der Waals surface area contributed by atoms with Gasteiger partial charge in [-0.05, 0) is 33.7 Å². The monoisotopic (exact) mass is 399 g/mol. The smallest absolute Gasteiger partial charge is 0.277 e. The molecule has 4 aromatic rings. The van der Waals surface area contributed by atoms with Gasteiger partial charge in [-0.15, -0.1) is 0 Å². The zero-order valence-corrected chi connectivity index (χ0v) is 15.8. The van der Waals surface area contributed by atoms with E-state index in [1.54, 1.807) is 12.3 Å². The number of benzene rings is 4. The highest BCUT2D eigenvalue weighted by atomic mass is 16.6. The molecule has 0 aliphatic carbocycles. The molecule has 0 aromatic heterocycles. The van der Waals surface area contributed by atoms with Crippen LogP contribution in [0.2, 0.25) is 0 Å². The Bertz CT molecular complexity index is 1230. The van der Waals surface area contributed by atoms with E-state index in [2.05, 4.69) is 16.6 Å². The number of hydrogen-bond acceptors (Lipinski definition) is 5. The third kappa shape index (κ3) is 4.10.